The second-order valence-electron chi connectivity index (χ2n) is 9.81. The van der Waals surface area contributed by atoms with Crippen LogP contribution in [-0.2, 0) is 15.0 Å². The number of carbonyl (C=O) groups is 3. The van der Waals surface area contributed by atoms with Crippen LogP contribution in [0.1, 0.15) is 68.4 Å². The van der Waals surface area contributed by atoms with Crippen LogP contribution >= 0.6 is 0 Å². The Morgan fingerprint density at radius 2 is 1.51 bits per heavy atom. The summed E-state index contributed by atoms with van der Waals surface area (Å²) in [7, 11) is 0. The minimum absolute atomic E-state index is 0.0817. The molecule has 0 spiro atoms. The first-order chi connectivity index (χ1) is 17.6. The second-order valence-corrected chi connectivity index (χ2v) is 9.81. The number of carbonyl (C=O) groups excluding carboxylic acids is 3. The van der Waals surface area contributed by atoms with Gasteiger partial charge in [-0.15, -0.1) is 0 Å². The molecule has 0 heterocycles. The van der Waals surface area contributed by atoms with E-state index in [0.717, 1.165) is 12.0 Å². The van der Waals surface area contributed by atoms with Gasteiger partial charge in [-0.1, -0.05) is 58.0 Å². The largest absolute Gasteiger partial charge is 0.481 e. The molecule has 3 rings (SSSR count). The fourth-order valence-electron chi connectivity index (χ4n) is 3.79. The van der Waals surface area contributed by atoms with Crippen molar-refractivity contribution in [1.82, 2.24) is 0 Å². The quantitative estimate of drug-likeness (QED) is 0.227. The van der Waals surface area contributed by atoms with Crippen LogP contribution in [0.5, 0.6) is 5.75 Å². The summed E-state index contributed by atoms with van der Waals surface area (Å²) in [5, 5.41) is 5.62. The molecule has 0 aliphatic heterocycles. The van der Waals surface area contributed by atoms with Gasteiger partial charge < -0.3 is 15.4 Å². The van der Waals surface area contributed by atoms with Gasteiger partial charge in [-0.2, -0.15) is 0 Å². The number of ketones is 1. The highest BCUT2D eigenvalue weighted by atomic mass is 16.5. The normalized spacial score (nSPS) is 11.9. The highest BCUT2D eigenvalue weighted by Crippen LogP contribution is 2.28. The van der Waals surface area contributed by atoms with E-state index in [-0.39, 0.29) is 29.4 Å². The third-order valence-electron chi connectivity index (χ3n) is 6.68. The maximum Gasteiger partial charge on any atom is 0.265 e. The average molecular weight is 501 g/mol. The van der Waals surface area contributed by atoms with Gasteiger partial charge >= 0.3 is 0 Å². The molecule has 3 aromatic carbocycles. The number of amides is 2. The molecule has 6 nitrogen and oxygen atoms in total. The lowest BCUT2D eigenvalue weighted by Gasteiger charge is -2.24. The summed E-state index contributed by atoms with van der Waals surface area (Å²) in [6, 6.07) is 21.8. The van der Waals surface area contributed by atoms with E-state index in [0.29, 0.717) is 29.1 Å². The van der Waals surface area contributed by atoms with Crippen LogP contribution in [0, 0.1) is 6.92 Å². The molecule has 2 amide bonds. The number of aryl methyl sites for hydroxylation is 1. The molecule has 194 valence electrons. The lowest BCUT2D eigenvalue weighted by molar-refractivity contribution is -0.122. The van der Waals surface area contributed by atoms with Crippen LogP contribution in [0.3, 0.4) is 0 Å². The highest BCUT2D eigenvalue weighted by Gasteiger charge is 2.21. The van der Waals surface area contributed by atoms with Crippen molar-refractivity contribution in [3.8, 4) is 5.75 Å². The van der Waals surface area contributed by atoms with Gasteiger partial charge in [0.1, 0.15) is 5.75 Å². The van der Waals surface area contributed by atoms with Crippen LogP contribution in [0.25, 0.3) is 0 Å². The van der Waals surface area contributed by atoms with Crippen molar-refractivity contribution in [3.05, 3.63) is 89.5 Å². The first kappa shape index (κ1) is 27.7. The lowest BCUT2D eigenvalue weighted by atomic mass is 9.82. The Bertz CT molecular complexity index is 1230. The van der Waals surface area contributed by atoms with Crippen LogP contribution < -0.4 is 15.4 Å². The lowest BCUT2D eigenvalue weighted by Crippen LogP contribution is -2.32. The fraction of sp³-hybridized carbons (Fsp3) is 0.323. The zero-order valence-electron chi connectivity index (χ0n) is 22.3. The Morgan fingerprint density at radius 1 is 0.865 bits per heavy atom. The van der Waals surface area contributed by atoms with Crippen LogP contribution in [-0.4, -0.2) is 23.7 Å². The van der Waals surface area contributed by atoms with Crippen molar-refractivity contribution < 1.29 is 19.1 Å². The minimum Gasteiger partial charge on any atom is -0.481 e. The second kappa shape index (κ2) is 12.3. The smallest absolute Gasteiger partial charge is 0.265 e. The number of ether oxygens (including phenoxy) is 1. The van der Waals surface area contributed by atoms with Crippen molar-refractivity contribution in [1.29, 1.82) is 0 Å². The summed E-state index contributed by atoms with van der Waals surface area (Å²) >= 11 is 0. The van der Waals surface area contributed by atoms with Gasteiger partial charge in [0.05, 0.1) is 6.42 Å². The van der Waals surface area contributed by atoms with E-state index in [1.807, 2.05) is 56.3 Å². The van der Waals surface area contributed by atoms with Crippen molar-refractivity contribution in [3.63, 3.8) is 0 Å². The number of anilines is 2. The molecule has 1 atom stereocenters. The molecule has 0 radical (unpaired) electrons. The fourth-order valence-corrected chi connectivity index (χ4v) is 3.79. The predicted molar refractivity (Wildman–Crippen MR) is 148 cm³/mol. The van der Waals surface area contributed by atoms with Crippen LogP contribution in [0.2, 0.25) is 0 Å². The number of rotatable bonds is 11. The van der Waals surface area contributed by atoms with E-state index >= 15 is 0 Å². The number of hydrogen-bond donors (Lipinski definition) is 2. The van der Waals surface area contributed by atoms with E-state index in [4.69, 9.17) is 4.74 Å². The Morgan fingerprint density at radius 3 is 2.11 bits per heavy atom. The molecular formula is C31H36N2O4. The van der Waals surface area contributed by atoms with E-state index in [1.165, 1.54) is 5.56 Å². The molecule has 0 aliphatic carbocycles. The molecule has 2 N–H and O–H groups in total. The molecular weight excluding hydrogens is 464 g/mol. The van der Waals surface area contributed by atoms with Gasteiger partial charge in [0.15, 0.2) is 11.9 Å². The van der Waals surface area contributed by atoms with E-state index in [1.54, 1.807) is 30.3 Å². The maximum atomic E-state index is 12.8. The monoisotopic (exact) mass is 500 g/mol. The van der Waals surface area contributed by atoms with Gasteiger partial charge in [-0.25, -0.2) is 0 Å². The number of hydrogen-bond acceptors (Lipinski definition) is 4. The summed E-state index contributed by atoms with van der Waals surface area (Å²) in [6.07, 6.45) is 0.607. The molecule has 6 heteroatoms. The predicted octanol–water partition coefficient (Wildman–Crippen LogP) is 6.69. The van der Waals surface area contributed by atoms with Crippen molar-refractivity contribution in [2.45, 2.75) is 65.4 Å². The first-order valence-corrected chi connectivity index (χ1v) is 12.7. The van der Waals surface area contributed by atoms with Crippen molar-refractivity contribution in [2.24, 2.45) is 0 Å². The van der Waals surface area contributed by atoms with Gasteiger partial charge in [0, 0.05) is 16.9 Å². The summed E-state index contributed by atoms with van der Waals surface area (Å²) < 4.78 is 5.95. The summed E-state index contributed by atoms with van der Waals surface area (Å²) in [5.41, 5.74) is 3.87. The SMILES string of the molecule is CC[C@@H](Oc1ccc(C(C)(C)CC)cc1)C(=O)Nc1ccc(C(=O)CC(=O)Nc2ccccc2C)cc1. The first-order valence-electron chi connectivity index (χ1n) is 12.7. The molecule has 0 unspecified atom stereocenters. The molecule has 0 aliphatic rings. The molecule has 3 aromatic rings. The Hall–Kier alpha value is -3.93. The van der Waals surface area contributed by atoms with E-state index < -0.39 is 6.10 Å². The highest BCUT2D eigenvalue weighted by molar-refractivity contribution is 6.11. The molecule has 0 saturated heterocycles. The Labute approximate surface area is 219 Å². The van der Waals surface area contributed by atoms with Gasteiger partial charge in [-0.3, -0.25) is 14.4 Å². The minimum atomic E-state index is -0.656. The van der Waals surface area contributed by atoms with Gasteiger partial charge in [0.25, 0.3) is 5.91 Å². The maximum absolute atomic E-state index is 12.8. The summed E-state index contributed by atoms with van der Waals surface area (Å²) in [6.45, 7) is 10.3. The molecule has 0 saturated carbocycles. The molecule has 0 fully saturated rings. The van der Waals surface area contributed by atoms with Crippen molar-refractivity contribution >= 4 is 29.0 Å². The summed E-state index contributed by atoms with van der Waals surface area (Å²) in [5.74, 6) is -0.293. The van der Waals surface area contributed by atoms with Crippen LogP contribution in [0.15, 0.2) is 72.8 Å². The Balaban J connectivity index is 1.56. The molecule has 37 heavy (non-hydrogen) atoms. The number of nitrogens with one attached hydrogen (secondary N) is 2. The van der Waals surface area contributed by atoms with Gasteiger partial charge in [0.2, 0.25) is 5.91 Å². The molecule has 0 bridgehead atoms. The van der Waals surface area contributed by atoms with E-state index in [9.17, 15) is 14.4 Å². The molecule has 0 aromatic heterocycles. The number of benzene rings is 3. The number of para-hydroxylation sites is 1. The summed E-state index contributed by atoms with van der Waals surface area (Å²) in [4.78, 5) is 37.7. The van der Waals surface area contributed by atoms with Crippen molar-refractivity contribution in [2.75, 3.05) is 10.6 Å². The topological polar surface area (TPSA) is 84.5 Å². The Kier molecular flexibility index (Phi) is 9.23. The third-order valence-corrected chi connectivity index (χ3v) is 6.68. The number of Topliss-reactive ketones (excluding diaryl/α,β-unsaturated/α-hetero) is 1. The van der Waals surface area contributed by atoms with Crippen LogP contribution in [0.4, 0.5) is 11.4 Å². The standard InChI is InChI=1S/C31H36N2O4/c1-6-28(37-25-18-14-23(15-19-25)31(4,5)7-2)30(36)32-24-16-12-22(13-17-24)27(34)20-29(35)33-26-11-9-8-10-21(26)3/h8-19,28H,6-7,20H2,1-5H3,(H,32,36)(H,33,35)/t28-/m1/s1. The third kappa shape index (κ3) is 7.53. The average Bonchev–Trinajstić information content (AvgIpc) is 2.89. The zero-order chi connectivity index (χ0) is 27.0. The van der Waals surface area contributed by atoms with Gasteiger partial charge in [-0.05, 0) is 78.8 Å². The zero-order valence-corrected chi connectivity index (χ0v) is 22.3. The van der Waals surface area contributed by atoms with E-state index in [2.05, 4.69) is 31.4 Å².